The zero-order valence-corrected chi connectivity index (χ0v) is 15.1. The van der Waals surface area contributed by atoms with Gasteiger partial charge in [0.15, 0.2) is 0 Å². The summed E-state index contributed by atoms with van der Waals surface area (Å²) in [4.78, 5) is 12.9. The Morgan fingerprint density at radius 2 is 2.16 bits per heavy atom. The van der Waals surface area contributed by atoms with Crippen molar-refractivity contribution in [3.8, 4) is 6.07 Å². The lowest BCUT2D eigenvalue weighted by Crippen LogP contribution is -2.43. The highest BCUT2D eigenvalue weighted by molar-refractivity contribution is 7.16. The number of amides is 1. The van der Waals surface area contributed by atoms with Crippen LogP contribution in [0.4, 0.5) is 9.80 Å². The molecule has 25 heavy (non-hydrogen) atoms. The van der Waals surface area contributed by atoms with E-state index in [4.69, 9.17) is 4.74 Å². The third kappa shape index (κ3) is 3.77. The largest absolute Gasteiger partial charge is 0.445 e. The quantitative estimate of drug-likeness (QED) is 0.851. The molecule has 0 saturated heterocycles. The van der Waals surface area contributed by atoms with Gasteiger partial charge < -0.3 is 15.4 Å². The van der Waals surface area contributed by atoms with Gasteiger partial charge in [0.2, 0.25) is 0 Å². The minimum absolute atomic E-state index is 0.164. The van der Waals surface area contributed by atoms with Gasteiger partial charge in [0.25, 0.3) is 0 Å². The number of nitrogens with one attached hydrogen (secondary N) is 2. The van der Waals surface area contributed by atoms with Crippen molar-refractivity contribution in [1.82, 2.24) is 5.32 Å². The molecule has 1 aromatic heterocycles. The number of alkyl carbamates (subject to hydrolysis) is 1. The third-order valence-electron chi connectivity index (χ3n) is 4.61. The van der Waals surface area contributed by atoms with Crippen LogP contribution in [-0.4, -0.2) is 12.1 Å². The Bertz CT molecular complexity index is 782. The molecule has 0 aliphatic carbocycles. The smallest absolute Gasteiger partial charge is 0.407 e. The van der Waals surface area contributed by atoms with E-state index in [1.807, 2.05) is 36.4 Å². The monoisotopic (exact) mass is 355 g/mol. The maximum absolute atomic E-state index is 12.3. The second-order valence-corrected chi connectivity index (χ2v) is 7.26. The van der Waals surface area contributed by atoms with Crippen LogP contribution in [0.5, 0.6) is 0 Å². The number of carbonyl (C=O) groups is 1. The summed E-state index contributed by atoms with van der Waals surface area (Å²) in [7, 11) is 0. The molecule has 3 rings (SSSR count). The zero-order valence-electron chi connectivity index (χ0n) is 14.3. The van der Waals surface area contributed by atoms with E-state index in [-0.39, 0.29) is 24.6 Å². The minimum Gasteiger partial charge on any atom is -0.445 e. The first-order valence-electron chi connectivity index (χ1n) is 8.40. The molecule has 6 heteroatoms. The van der Waals surface area contributed by atoms with Crippen molar-refractivity contribution in [3.05, 3.63) is 52.4 Å². The number of benzene rings is 1. The molecule has 2 N–H and O–H groups in total. The number of rotatable bonds is 4. The van der Waals surface area contributed by atoms with Crippen molar-refractivity contribution >= 4 is 22.4 Å². The second kappa shape index (κ2) is 7.58. The number of hydrogen-bond acceptors (Lipinski definition) is 5. The molecule has 0 saturated carbocycles. The fourth-order valence-electron chi connectivity index (χ4n) is 3.19. The number of nitriles is 1. The zero-order chi connectivity index (χ0) is 17.8. The number of fused-ring (bicyclic) bond motifs is 1. The third-order valence-corrected chi connectivity index (χ3v) is 5.60. The van der Waals surface area contributed by atoms with E-state index >= 15 is 0 Å². The van der Waals surface area contributed by atoms with Crippen molar-refractivity contribution in [1.29, 1.82) is 5.26 Å². The van der Waals surface area contributed by atoms with Crippen LogP contribution in [0.2, 0.25) is 0 Å². The van der Waals surface area contributed by atoms with Crippen molar-refractivity contribution in [2.75, 3.05) is 5.32 Å². The number of ether oxygens (including phenoxy) is 1. The van der Waals surface area contributed by atoms with Gasteiger partial charge in [0.1, 0.15) is 17.6 Å². The molecule has 2 unspecified atom stereocenters. The second-order valence-electron chi connectivity index (χ2n) is 6.21. The molecule has 2 aromatic rings. The van der Waals surface area contributed by atoms with Crippen LogP contribution in [0.3, 0.4) is 0 Å². The summed E-state index contributed by atoms with van der Waals surface area (Å²) in [6.07, 6.45) is 0.505. The summed E-state index contributed by atoms with van der Waals surface area (Å²) < 4.78 is 5.36. The van der Waals surface area contributed by atoms with Gasteiger partial charge in [-0.05, 0) is 18.1 Å². The summed E-state index contributed by atoms with van der Waals surface area (Å²) >= 11 is 1.43. The average Bonchev–Trinajstić information content (AvgIpc) is 3.06. The molecule has 1 aliphatic heterocycles. The summed E-state index contributed by atoms with van der Waals surface area (Å²) in [6.45, 7) is 4.46. The van der Waals surface area contributed by atoms with E-state index in [2.05, 4.69) is 30.6 Å². The van der Waals surface area contributed by atoms with E-state index < -0.39 is 6.09 Å². The first kappa shape index (κ1) is 17.3. The Kier molecular flexibility index (Phi) is 5.25. The highest BCUT2D eigenvalue weighted by atomic mass is 32.1. The lowest BCUT2D eigenvalue weighted by atomic mass is 9.85. The van der Waals surface area contributed by atoms with Crippen LogP contribution < -0.4 is 10.6 Å². The normalized spacial score (nSPS) is 21.6. The molecule has 0 spiro atoms. The molecular formula is C19H21N3O2S. The highest BCUT2D eigenvalue weighted by Crippen LogP contribution is 2.42. The molecular weight excluding hydrogens is 334 g/mol. The van der Waals surface area contributed by atoms with Crippen molar-refractivity contribution in [2.24, 2.45) is 5.92 Å². The lowest BCUT2D eigenvalue weighted by Gasteiger charge is -2.37. The van der Waals surface area contributed by atoms with Crippen LogP contribution in [0.1, 0.15) is 42.3 Å². The Hall–Kier alpha value is -2.52. The van der Waals surface area contributed by atoms with Crippen LogP contribution >= 0.6 is 11.3 Å². The van der Waals surface area contributed by atoms with Crippen molar-refractivity contribution in [3.63, 3.8) is 0 Å². The van der Waals surface area contributed by atoms with Gasteiger partial charge in [-0.2, -0.15) is 5.26 Å². The number of nitrogens with zero attached hydrogens (tertiary/aromatic N) is 1. The highest BCUT2D eigenvalue weighted by Gasteiger charge is 2.35. The van der Waals surface area contributed by atoms with E-state index in [9.17, 15) is 10.1 Å². The molecule has 1 amide bonds. The first-order valence-corrected chi connectivity index (χ1v) is 9.21. The van der Waals surface area contributed by atoms with E-state index in [0.29, 0.717) is 4.88 Å². The summed E-state index contributed by atoms with van der Waals surface area (Å²) in [5.41, 5.74) is 1.92. The van der Waals surface area contributed by atoms with E-state index in [1.54, 1.807) is 0 Å². The predicted octanol–water partition coefficient (Wildman–Crippen LogP) is 4.43. The summed E-state index contributed by atoms with van der Waals surface area (Å²) in [6, 6.07) is 13.7. The van der Waals surface area contributed by atoms with Crippen LogP contribution in [-0.2, 0) is 11.3 Å². The molecule has 5 nitrogen and oxygen atoms in total. The molecule has 1 aromatic carbocycles. The number of carbonyl (C=O) groups excluding carboxylic acids is 1. The van der Waals surface area contributed by atoms with Crippen molar-refractivity contribution < 1.29 is 9.53 Å². The molecule has 2 heterocycles. The van der Waals surface area contributed by atoms with E-state index in [1.165, 1.54) is 11.3 Å². The standard InChI is InChI=1S/C19H21N3O2S/c1-3-16-12(2)17(15-9-14(10-20)25-18(15)21-16)22-19(23)24-11-13-7-5-4-6-8-13/h4-9,12,16-17,21H,3,11H2,1-2H3,(H,22,23)/t12-,16?,17?/m0/s1. The molecule has 0 bridgehead atoms. The number of anilines is 1. The number of hydrogen-bond donors (Lipinski definition) is 2. The van der Waals surface area contributed by atoms with Crippen LogP contribution in [0.25, 0.3) is 0 Å². The minimum atomic E-state index is -0.437. The fourth-order valence-corrected chi connectivity index (χ4v) is 4.16. The van der Waals surface area contributed by atoms with Gasteiger partial charge in [-0.3, -0.25) is 0 Å². The average molecular weight is 355 g/mol. The maximum Gasteiger partial charge on any atom is 0.407 e. The SMILES string of the molecule is CCC1Nc2sc(C#N)cc2C(NC(=O)OCc2ccccc2)[C@H]1C. The summed E-state index contributed by atoms with van der Waals surface area (Å²) in [5.74, 6) is 0.197. The Labute approximate surface area is 151 Å². The van der Waals surface area contributed by atoms with Crippen molar-refractivity contribution in [2.45, 2.75) is 39.0 Å². The van der Waals surface area contributed by atoms with Gasteiger partial charge in [-0.1, -0.05) is 44.2 Å². The Morgan fingerprint density at radius 1 is 1.40 bits per heavy atom. The topological polar surface area (TPSA) is 74.2 Å². The molecule has 0 fully saturated rings. The fraction of sp³-hybridized carbons (Fsp3) is 0.368. The Morgan fingerprint density at radius 3 is 2.84 bits per heavy atom. The number of thiophene rings is 1. The molecule has 130 valence electrons. The van der Waals surface area contributed by atoms with E-state index in [0.717, 1.165) is 22.5 Å². The van der Waals surface area contributed by atoms with Crippen LogP contribution in [0.15, 0.2) is 36.4 Å². The molecule has 1 aliphatic rings. The van der Waals surface area contributed by atoms with Gasteiger partial charge in [0.05, 0.1) is 11.0 Å². The van der Waals surface area contributed by atoms with Gasteiger partial charge >= 0.3 is 6.09 Å². The predicted molar refractivity (Wildman–Crippen MR) is 98.4 cm³/mol. The Balaban J connectivity index is 1.72. The lowest BCUT2D eigenvalue weighted by molar-refractivity contribution is 0.130. The first-order chi connectivity index (χ1) is 12.1. The van der Waals surface area contributed by atoms with Crippen LogP contribution in [0, 0.1) is 17.2 Å². The van der Waals surface area contributed by atoms with Gasteiger partial charge in [0, 0.05) is 17.5 Å². The van der Waals surface area contributed by atoms with Gasteiger partial charge in [-0.25, -0.2) is 4.79 Å². The van der Waals surface area contributed by atoms with Gasteiger partial charge in [-0.15, -0.1) is 11.3 Å². The maximum atomic E-state index is 12.3. The molecule has 0 radical (unpaired) electrons. The molecule has 3 atom stereocenters. The summed E-state index contributed by atoms with van der Waals surface area (Å²) in [5, 5.41) is 16.6.